The van der Waals surface area contributed by atoms with Gasteiger partial charge in [-0.05, 0) is 12.5 Å². The molecule has 0 radical (unpaired) electrons. The second-order valence-corrected chi connectivity index (χ2v) is 1.99. The summed E-state index contributed by atoms with van der Waals surface area (Å²) in [5.41, 5.74) is 0.947. The van der Waals surface area contributed by atoms with Crippen molar-refractivity contribution < 1.29 is 4.79 Å². The number of hydrogen-bond acceptors (Lipinski definition) is 2. The highest BCUT2D eigenvalue weighted by Gasteiger charge is 1.95. The van der Waals surface area contributed by atoms with E-state index < -0.39 is 0 Å². The van der Waals surface area contributed by atoms with E-state index in [0.29, 0.717) is 6.42 Å². The average molecular weight is 124 g/mol. The summed E-state index contributed by atoms with van der Waals surface area (Å²) in [7, 11) is 0. The lowest BCUT2D eigenvalue weighted by Crippen LogP contribution is -1.93. The number of carbonyl (C=O) groups excluding carboxylic acids is 1. The van der Waals surface area contributed by atoms with Gasteiger partial charge in [-0.3, -0.25) is 9.89 Å². The van der Waals surface area contributed by atoms with E-state index >= 15 is 0 Å². The Labute approximate surface area is 53.1 Å². The summed E-state index contributed by atoms with van der Waals surface area (Å²) in [5.74, 6) is 0.163. The van der Waals surface area contributed by atoms with E-state index in [9.17, 15) is 4.79 Å². The van der Waals surface area contributed by atoms with Crippen LogP contribution in [0.3, 0.4) is 0 Å². The number of rotatable bonds is 2. The number of nitrogens with zero attached hydrogens (tertiary/aromatic N) is 1. The van der Waals surface area contributed by atoms with E-state index in [1.807, 2.05) is 0 Å². The van der Waals surface area contributed by atoms with E-state index in [1.165, 1.54) is 0 Å². The molecule has 0 aliphatic rings. The fourth-order valence-corrected chi connectivity index (χ4v) is 0.662. The Kier molecular flexibility index (Phi) is 1.63. The first kappa shape index (κ1) is 6.01. The van der Waals surface area contributed by atoms with Crippen LogP contribution in [0.5, 0.6) is 0 Å². The zero-order chi connectivity index (χ0) is 6.69. The highest BCUT2D eigenvalue weighted by atomic mass is 16.1. The maximum atomic E-state index is 10.5. The molecule has 0 saturated heterocycles. The van der Waals surface area contributed by atoms with Gasteiger partial charge in [0.1, 0.15) is 5.78 Å². The van der Waals surface area contributed by atoms with Crippen LogP contribution in [0.25, 0.3) is 0 Å². The molecule has 1 N–H and O–H groups in total. The molecule has 3 heteroatoms. The van der Waals surface area contributed by atoms with Crippen LogP contribution in [0.4, 0.5) is 0 Å². The highest BCUT2D eigenvalue weighted by Crippen LogP contribution is 1.94. The minimum atomic E-state index is 0.163. The largest absolute Gasteiger partial charge is 0.300 e. The van der Waals surface area contributed by atoms with Gasteiger partial charge in [0, 0.05) is 12.6 Å². The molecule has 0 atom stereocenters. The van der Waals surface area contributed by atoms with Gasteiger partial charge >= 0.3 is 0 Å². The summed E-state index contributed by atoms with van der Waals surface area (Å²) >= 11 is 0. The van der Waals surface area contributed by atoms with E-state index in [4.69, 9.17) is 0 Å². The van der Waals surface area contributed by atoms with Crippen molar-refractivity contribution in [3.8, 4) is 0 Å². The minimum absolute atomic E-state index is 0.163. The zero-order valence-electron chi connectivity index (χ0n) is 5.22. The molecule has 0 unspecified atom stereocenters. The number of hydrogen-bond donors (Lipinski definition) is 1. The monoisotopic (exact) mass is 124 g/mol. The molecule has 0 aliphatic carbocycles. The highest BCUT2D eigenvalue weighted by molar-refractivity contribution is 5.77. The van der Waals surface area contributed by atoms with Gasteiger partial charge in [0.15, 0.2) is 0 Å². The SMILES string of the molecule is CC(=O)Cc1cn[nH]c1. The fraction of sp³-hybridized carbons (Fsp3) is 0.333. The number of aromatic nitrogens is 2. The van der Waals surface area contributed by atoms with Crippen molar-refractivity contribution in [2.75, 3.05) is 0 Å². The second kappa shape index (κ2) is 2.44. The molecule has 0 aromatic carbocycles. The lowest BCUT2D eigenvalue weighted by molar-refractivity contribution is -0.116. The first-order valence-corrected chi connectivity index (χ1v) is 2.76. The van der Waals surface area contributed by atoms with E-state index in [1.54, 1.807) is 19.3 Å². The van der Waals surface area contributed by atoms with Gasteiger partial charge < -0.3 is 0 Å². The Hall–Kier alpha value is -1.12. The van der Waals surface area contributed by atoms with Gasteiger partial charge in [-0.2, -0.15) is 5.10 Å². The smallest absolute Gasteiger partial charge is 0.134 e. The number of ketones is 1. The van der Waals surface area contributed by atoms with E-state index in [0.717, 1.165) is 5.56 Å². The maximum absolute atomic E-state index is 10.5. The molecule has 0 aliphatic heterocycles. The van der Waals surface area contributed by atoms with Gasteiger partial charge in [-0.15, -0.1) is 0 Å². The van der Waals surface area contributed by atoms with Crippen LogP contribution in [-0.2, 0) is 11.2 Å². The molecule has 1 heterocycles. The van der Waals surface area contributed by atoms with Crippen molar-refractivity contribution in [1.82, 2.24) is 10.2 Å². The first-order valence-electron chi connectivity index (χ1n) is 2.76. The van der Waals surface area contributed by atoms with Gasteiger partial charge in [0.25, 0.3) is 0 Å². The van der Waals surface area contributed by atoms with E-state index in [2.05, 4.69) is 10.2 Å². The molecule has 9 heavy (non-hydrogen) atoms. The number of nitrogens with one attached hydrogen (secondary N) is 1. The Morgan fingerprint density at radius 2 is 2.67 bits per heavy atom. The third-order valence-electron chi connectivity index (χ3n) is 1.01. The fourth-order valence-electron chi connectivity index (χ4n) is 0.662. The predicted molar refractivity (Wildman–Crippen MR) is 33.0 cm³/mol. The third kappa shape index (κ3) is 1.68. The van der Waals surface area contributed by atoms with Crippen LogP contribution in [0.2, 0.25) is 0 Å². The van der Waals surface area contributed by atoms with Crippen LogP contribution in [-0.4, -0.2) is 16.0 Å². The maximum Gasteiger partial charge on any atom is 0.134 e. The number of Topliss-reactive ketones (excluding diaryl/α,β-unsaturated/α-hetero) is 1. The van der Waals surface area contributed by atoms with Crippen molar-refractivity contribution in [3.63, 3.8) is 0 Å². The molecular weight excluding hydrogens is 116 g/mol. The van der Waals surface area contributed by atoms with E-state index in [-0.39, 0.29) is 5.78 Å². The Morgan fingerprint density at radius 3 is 3.11 bits per heavy atom. The molecule has 0 spiro atoms. The molecule has 48 valence electrons. The van der Waals surface area contributed by atoms with Crippen molar-refractivity contribution in [1.29, 1.82) is 0 Å². The predicted octanol–water partition coefficient (Wildman–Crippen LogP) is 0.541. The first-order chi connectivity index (χ1) is 4.29. The quantitative estimate of drug-likeness (QED) is 0.625. The van der Waals surface area contributed by atoms with Gasteiger partial charge in [-0.1, -0.05) is 0 Å². The van der Waals surface area contributed by atoms with Gasteiger partial charge in [0.05, 0.1) is 6.20 Å². The average Bonchev–Trinajstić information content (AvgIpc) is 2.15. The van der Waals surface area contributed by atoms with Gasteiger partial charge in [-0.25, -0.2) is 0 Å². The summed E-state index contributed by atoms with van der Waals surface area (Å²) in [6.07, 6.45) is 3.86. The second-order valence-electron chi connectivity index (χ2n) is 1.99. The Balaban J connectivity index is 2.58. The van der Waals surface area contributed by atoms with Crippen molar-refractivity contribution in [2.45, 2.75) is 13.3 Å². The van der Waals surface area contributed by atoms with Crippen LogP contribution in [0.15, 0.2) is 12.4 Å². The summed E-state index contributed by atoms with van der Waals surface area (Å²) in [5, 5.41) is 6.33. The van der Waals surface area contributed by atoms with Crippen LogP contribution in [0.1, 0.15) is 12.5 Å². The number of H-pyrrole nitrogens is 1. The molecule has 3 nitrogen and oxygen atoms in total. The van der Waals surface area contributed by atoms with Crippen molar-refractivity contribution in [3.05, 3.63) is 18.0 Å². The summed E-state index contributed by atoms with van der Waals surface area (Å²) < 4.78 is 0. The molecule has 1 aromatic heterocycles. The lowest BCUT2D eigenvalue weighted by Gasteiger charge is -1.85. The molecule has 0 amide bonds. The molecular formula is C6H8N2O. The summed E-state index contributed by atoms with van der Waals surface area (Å²) in [6, 6.07) is 0. The standard InChI is InChI=1S/C6H8N2O/c1-5(9)2-6-3-7-8-4-6/h3-4H,2H2,1H3,(H,7,8). The van der Waals surface area contributed by atoms with Crippen LogP contribution >= 0.6 is 0 Å². The van der Waals surface area contributed by atoms with Crippen LogP contribution in [0, 0.1) is 0 Å². The molecule has 0 saturated carbocycles. The van der Waals surface area contributed by atoms with Crippen molar-refractivity contribution >= 4 is 5.78 Å². The van der Waals surface area contributed by atoms with Gasteiger partial charge in [0.2, 0.25) is 0 Å². The Bertz CT molecular complexity index is 191. The lowest BCUT2D eigenvalue weighted by atomic mass is 10.2. The minimum Gasteiger partial charge on any atom is -0.300 e. The molecule has 1 rings (SSSR count). The summed E-state index contributed by atoms with van der Waals surface area (Å²) in [4.78, 5) is 10.5. The number of carbonyl (C=O) groups is 1. The number of aromatic amines is 1. The van der Waals surface area contributed by atoms with Crippen molar-refractivity contribution in [2.24, 2.45) is 0 Å². The Morgan fingerprint density at radius 1 is 1.89 bits per heavy atom. The van der Waals surface area contributed by atoms with Crippen LogP contribution < -0.4 is 0 Å². The molecule has 0 bridgehead atoms. The molecule has 0 fully saturated rings. The molecule has 1 aromatic rings. The topological polar surface area (TPSA) is 45.8 Å². The third-order valence-corrected chi connectivity index (χ3v) is 1.01. The zero-order valence-corrected chi connectivity index (χ0v) is 5.22. The summed E-state index contributed by atoms with van der Waals surface area (Å²) in [6.45, 7) is 1.56. The normalized spacial score (nSPS) is 9.44.